The van der Waals surface area contributed by atoms with Crippen molar-refractivity contribution in [1.82, 2.24) is 9.55 Å². The van der Waals surface area contributed by atoms with Crippen LogP contribution in [0.2, 0.25) is 0 Å². The summed E-state index contributed by atoms with van der Waals surface area (Å²) in [4.78, 5) is 18.2. The maximum atomic E-state index is 13.1. The number of aromatic nitrogens is 2. The van der Waals surface area contributed by atoms with Crippen LogP contribution in [0.1, 0.15) is 17.6 Å². The molecule has 5 nitrogen and oxygen atoms in total. The maximum Gasteiger partial charge on any atom is 0.265 e. The molecule has 1 aliphatic heterocycles. The van der Waals surface area contributed by atoms with Gasteiger partial charge in [0.15, 0.2) is 0 Å². The predicted octanol–water partition coefficient (Wildman–Crippen LogP) is 3.71. The number of alkyl halides is 2. The molecule has 0 amide bonds. The van der Waals surface area contributed by atoms with Crippen molar-refractivity contribution >= 4 is 22.3 Å². The third kappa shape index (κ3) is 2.51. The van der Waals surface area contributed by atoms with E-state index in [1.165, 1.54) is 6.07 Å². The van der Waals surface area contributed by atoms with Crippen LogP contribution in [0, 0.1) is 6.92 Å². The molecule has 0 atom stereocenters. The van der Waals surface area contributed by atoms with Gasteiger partial charge in [0.05, 0.1) is 17.7 Å². The van der Waals surface area contributed by atoms with E-state index >= 15 is 0 Å². The van der Waals surface area contributed by atoms with E-state index in [1.54, 1.807) is 18.5 Å². The standard InChI is InChI=1S/C19H17F2N3O2/c1-11-8-13-14(23(2)19(11)25)4-3-5-15(13)24-6-7-26-18-16(24)9-12(10-22-18)17(20)21/h3-5,8-10,17H,6-7H2,1-2H3. The van der Waals surface area contributed by atoms with Gasteiger partial charge in [-0.3, -0.25) is 4.79 Å². The highest BCUT2D eigenvalue weighted by molar-refractivity contribution is 5.95. The highest BCUT2D eigenvalue weighted by atomic mass is 19.3. The number of ether oxygens (including phenoxy) is 1. The van der Waals surface area contributed by atoms with Gasteiger partial charge in [0.25, 0.3) is 12.0 Å². The lowest BCUT2D eigenvalue weighted by Crippen LogP contribution is -2.30. The first-order valence-corrected chi connectivity index (χ1v) is 8.25. The second kappa shape index (κ2) is 6.09. The van der Waals surface area contributed by atoms with E-state index in [2.05, 4.69) is 4.98 Å². The van der Waals surface area contributed by atoms with Gasteiger partial charge in [-0.15, -0.1) is 0 Å². The summed E-state index contributed by atoms with van der Waals surface area (Å²) in [7, 11) is 1.73. The number of benzene rings is 1. The van der Waals surface area contributed by atoms with Crippen LogP contribution in [0.15, 0.2) is 41.3 Å². The molecule has 7 heteroatoms. The van der Waals surface area contributed by atoms with Crippen molar-refractivity contribution in [3.63, 3.8) is 0 Å². The Bertz CT molecular complexity index is 1060. The molecule has 0 spiro atoms. The number of anilines is 2. The van der Waals surface area contributed by atoms with Gasteiger partial charge >= 0.3 is 0 Å². The Morgan fingerprint density at radius 3 is 2.81 bits per heavy atom. The van der Waals surface area contributed by atoms with Crippen LogP contribution < -0.4 is 15.2 Å². The van der Waals surface area contributed by atoms with E-state index in [1.807, 2.05) is 29.2 Å². The van der Waals surface area contributed by atoms with Crippen LogP contribution >= 0.6 is 0 Å². The number of fused-ring (bicyclic) bond motifs is 2. The van der Waals surface area contributed by atoms with Crippen LogP contribution in [-0.2, 0) is 7.05 Å². The number of hydrogen-bond donors (Lipinski definition) is 0. The van der Waals surface area contributed by atoms with Crippen LogP contribution in [0.3, 0.4) is 0 Å². The quantitative estimate of drug-likeness (QED) is 0.702. The molecule has 0 N–H and O–H groups in total. The van der Waals surface area contributed by atoms with Gasteiger partial charge in [-0.05, 0) is 31.2 Å². The minimum Gasteiger partial charge on any atom is -0.474 e. The van der Waals surface area contributed by atoms with Crippen LogP contribution in [0.5, 0.6) is 5.88 Å². The number of hydrogen-bond acceptors (Lipinski definition) is 4. The van der Waals surface area contributed by atoms with E-state index in [4.69, 9.17) is 4.74 Å². The molecule has 4 rings (SSSR count). The Hall–Kier alpha value is -2.96. The highest BCUT2D eigenvalue weighted by Gasteiger charge is 2.24. The van der Waals surface area contributed by atoms with Crippen LogP contribution in [-0.4, -0.2) is 22.7 Å². The average Bonchev–Trinajstić information content (AvgIpc) is 2.65. The fourth-order valence-corrected chi connectivity index (χ4v) is 3.35. The number of halogens is 2. The summed E-state index contributed by atoms with van der Waals surface area (Å²) in [5.41, 5.74) is 2.54. The maximum absolute atomic E-state index is 13.1. The third-order valence-corrected chi connectivity index (χ3v) is 4.66. The normalized spacial score (nSPS) is 13.8. The molecule has 0 saturated carbocycles. The van der Waals surface area contributed by atoms with Gasteiger partial charge in [-0.1, -0.05) is 6.07 Å². The lowest BCUT2D eigenvalue weighted by atomic mass is 10.1. The molecule has 3 aromatic rings. The largest absolute Gasteiger partial charge is 0.474 e. The van der Waals surface area contributed by atoms with Crippen molar-refractivity contribution in [2.75, 3.05) is 18.1 Å². The Labute approximate surface area is 148 Å². The summed E-state index contributed by atoms with van der Waals surface area (Å²) in [5, 5.41) is 0.877. The summed E-state index contributed by atoms with van der Waals surface area (Å²) in [6, 6.07) is 8.89. The van der Waals surface area contributed by atoms with Gasteiger partial charge in [0.2, 0.25) is 5.88 Å². The first kappa shape index (κ1) is 16.5. The Morgan fingerprint density at radius 1 is 1.23 bits per heavy atom. The molecule has 26 heavy (non-hydrogen) atoms. The SMILES string of the molecule is Cc1cc2c(N3CCOc4ncc(C(F)F)cc43)cccc2n(C)c1=O. The molecule has 0 fully saturated rings. The predicted molar refractivity (Wildman–Crippen MR) is 95.6 cm³/mol. The van der Waals surface area contributed by atoms with E-state index in [-0.39, 0.29) is 11.1 Å². The van der Waals surface area contributed by atoms with Gasteiger partial charge in [0, 0.05) is 29.8 Å². The van der Waals surface area contributed by atoms with Gasteiger partial charge in [-0.25, -0.2) is 13.8 Å². The van der Waals surface area contributed by atoms with E-state index in [9.17, 15) is 13.6 Å². The van der Waals surface area contributed by atoms with Crippen LogP contribution in [0.4, 0.5) is 20.2 Å². The summed E-state index contributed by atoms with van der Waals surface area (Å²) in [6.07, 6.45) is -1.46. The number of pyridine rings is 2. The second-order valence-corrected chi connectivity index (χ2v) is 6.30. The van der Waals surface area contributed by atoms with E-state index in [0.29, 0.717) is 30.3 Å². The molecule has 1 aliphatic rings. The van der Waals surface area contributed by atoms with Gasteiger partial charge < -0.3 is 14.2 Å². The third-order valence-electron chi connectivity index (χ3n) is 4.66. The van der Waals surface area contributed by atoms with Crippen molar-refractivity contribution in [2.24, 2.45) is 7.05 Å². The summed E-state index contributed by atoms with van der Waals surface area (Å²) in [5.74, 6) is 0.333. The zero-order chi connectivity index (χ0) is 18.4. The molecule has 134 valence electrons. The molecule has 1 aromatic carbocycles. The monoisotopic (exact) mass is 357 g/mol. The average molecular weight is 357 g/mol. The van der Waals surface area contributed by atoms with Gasteiger partial charge in [0.1, 0.15) is 12.3 Å². The number of nitrogens with zero attached hydrogens (tertiary/aromatic N) is 3. The van der Waals surface area contributed by atoms with E-state index in [0.717, 1.165) is 22.8 Å². The minimum absolute atomic E-state index is 0.0568. The molecule has 0 unspecified atom stereocenters. The number of rotatable bonds is 2. The number of aryl methyl sites for hydroxylation is 2. The van der Waals surface area contributed by atoms with Gasteiger partial charge in [-0.2, -0.15) is 0 Å². The summed E-state index contributed by atoms with van der Waals surface area (Å²) < 4.78 is 33.4. The fourth-order valence-electron chi connectivity index (χ4n) is 3.35. The fraction of sp³-hybridized carbons (Fsp3) is 0.263. The van der Waals surface area contributed by atoms with Crippen molar-refractivity contribution in [3.05, 3.63) is 58.0 Å². The molecule has 0 saturated heterocycles. The van der Waals surface area contributed by atoms with E-state index < -0.39 is 6.43 Å². The topological polar surface area (TPSA) is 47.4 Å². The Balaban J connectivity index is 1.95. The molecule has 0 aliphatic carbocycles. The zero-order valence-corrected chi connectivity index (χ0v) is 14.4. The smallest absolute Gasteiger partial charge is 0.265 e. The highest BCUT2D eigenvalue weighted by Crippen LogP contribution is 2.39. The summed E-state index contributed by atoms with van der Waals surface area (Å²) in [6.45, 7) is 2.67. The molecule has 3 heterocycles. The zero-order valence-electron chi connectivity index (χ0n) is 14.4. The van der Waals surface area contributed by atoms with Crippen molar-refractivity contribution in [3.8, 4) is 5.88 Å². The Kier molecular flexibility index (Phi) is 3.86. The first-order valence-electron chi connectivity index (χ1n) is 8.25. The van der Waals surface area contributed by atoms with Crippen LogP contribution in [0.25, 0.3) is 10.9 Å². The molecule has 0 bridgehead atoms. The second-order valence-electron chi connectivity index (χ2n) is 6.30. The van der Waals surface area contributed by atoms with Crippen molar-refractivity contribution < 1.29 is 13.5 Å². The summed E-state index contributed by atoms with van der Waals surface area (Å²) >= 11 is 0. The van der Waals surface area contributed by atoms with Crippen molar-refractivity contribution in [1.29, 1.82) is 0 Å². The Morgan fingerprint density at radius 2 is 2.04 bits per heavy atom. The molecular weight excluding hydrogens is 340 g/mol. The molecule has 0 radical (unpaired) electrons. The minimum atomic E-state index is -2.60. The molecule has 2 aromatic heterocycles. The lowest BCUT2D eigenvalue weighted by molar-refractivity contribution is 0.150. The van der Waals surface area contributed by atoms with Crippen molar-refractivity contribution in [2.45, 2.75) is 13.3 Å². The first-order chi connectivity index (χ1) is 12.5. The lowest BCUT2D eigenvalue weighted by Gasteiger charge is -2.31. The molecular formula is C19H17F2N3O2.